The SMILES string of the molecule is CC(C)C1CN=C(NCC(C)C(C)(C)C)S1. The maximum absolute atomic E-state index is 4.56. The van der Waals surface area contributed by atoms with Gasteiger partial charge in [-0.15, -0.1) is 0 Å². The van der Waals surface area contributed by atoms with Gasteiger partial charge in [-0.05, 0) is 17.3 Å². The van der Waals surface area contributed by atoms with Gasteiger partial charge >= 0.3 is 0 Å². The van der Waals surface area contributed by atoms with Crippen molar-refractivity contribution >= 4 is 16.9 Å². The van der Waals surface area contributed by atoms with Crippen LogP contribution in [-0.2, 0) is 0 Å². The molecule has 94 valence electrons. The lowest BCUT2D eigenvalue weighted by Gasteiger charge is -2.27. The highest BCUT2D eigenvalue weighted by Crippen LogP contribution is 2.27. The minimum Gasteiger partial charge on any atom is -0.365 e. The Bertz CT molecular complexity index is 253. The molecule has 1 rings (SSSR count). The molecule has 0 radical (unpaired) electrons. The van der Waals surface area contributed by atoms with Crippen LogP contribution in [0.4, 0.5) is 0 Å². The number of amidine groups is 1. The molecule has 1 aliphatic heterocycles. The standard InChI is InChI=1S/C13H26N2S/c1-9(2)11-8-15-12(16-11)14-7-10(3)13(4,5)6/h9-11H,7-8H2,1-6H3,(H,14,15). The van der Waals surface area contributed by atoms with E-state index in [1.54, 1.807) is 0 Å². The zero-order chi connectivity index (χ0) is 12.3. The highest BCUT2D eigenvalue weighted by atomic mass is 32.2. The summed E-state index contributed by atoms with van der Waals surface area (Å²) in [4.78, 5) is 4.56. The third-order valence-electron chi connectivity index (χ3n) is 3.46. The van der Waals surface area contributed by atoms with Crippen LogP contribution in [0.2, 0.25) is 0 Å². The Hall–Kier alpha value is -0.180. The lowest BCUT2D eigenvalue weighted by atomic mass is 9.82. The molecule has 0 saturated heterocycles. The number of rotatable bonds is 3. The summed E-state index contributed by atoms with van der Waals surface area (Å²) in [5.74, 6) is 1.38. The first-order chi connectivity index (χ1) is 7.30. The van der Waals surface area contributed by atoms with Gasteiger partial charge in [-0.2, -0.15) is 0 Å². The fourth-order valence-electron chi connectivity index (χ4n) is 1.38. The Morgan fingerprint density at radius 3 is 2.44 bits per heavy atom. The number of nitrogens with one attached hydrogen (secondary N) is 1. The van der Waals surface area contributed by atoms with Crippen molar-refractivity contribution in [3.8, 4) is 0 Å². The van der Waals surface area contributed by atoms with E-state index >= 15 is 0 Å². The zero-order valence-corrected chi connectivity index (χ0v) is 12.3. The number of thioether (sulfide) groups is 1. The summed E-state index contributed by atoms with van der Waals surface area (Å²) >= 11 is 1.91. The first kappa shape index (κ1) is 13.9. The second kappa shape index (κ2) is 5.44. The maximum atomic E-state index is 4.56. The van der Waals surface area contributed by atoms with Gasteiger partial charge in [-0.1, -0.05) is 53.3 Å². The predicted molar refractivity (Wildman–Crippen MR) is 75.1 cm³/mol. The molecule has 0 aromatic heterocycles. The number of aliphatic imine (C=N–C) groups is 1. The fourth-order valence-corrected chi connectivity index (χ4v) is 2.41. The predicted octanol–water partition coefficient (Wildman–Crippen LogP) is 3.39. The third-order valence-corrected chi connectivity index (χ3v) is 4.95. The molecule has 0 spiro atoms. The molecule has 1 N–H and O–H groups in total. The molecule has 16 heavy (non-hydrogen) atoms. The largest absolute Gasteiger partial charge is 0.365 e. The summed E-state index contributed by atoms with van der Waals surface area (Å²) in [6, 6.07) is 0. The maximum Gasteiger partial charge on any atom is 0.156 e. The van der Waals surface area contributed by atoms with Crippen molar-refractivity contribution in [1.82, 2.24) is 5.32 Å². The van der Waals surface area contributed by atoms with Crippen LogP contribution in [0.25, 0.3) is 0 Å². The van der Waals surface area contributed by atoms with Crippen molar-refractivity contribution in [2.75, 3.05) is 13.1 Å². The van der Waals surface area contributed by atoms with E-state index in [-0.39, 0.29) is 0 Å². The van der Waals surface area contributed by atoms with Crippen LogP contribution in [0.3, 0.4) is 0 Å². The summed E-state index contributed by atoms with van der Waals surface area (Å²) in [5.41, 5.74) is 0.369. The first-order valence-electron chi connectivity index (χ1n) is 6.25. The molecule has 0 aromatic carbocycles. The molecule has 0 aromatic rings. The Morgan fingerprint density at radius 2 is 2.00 bits per heavy atom. The number of nitrogens with zero attached hydrogens (tertiary/aromatic N) is 1. The van der Waals surface area contributed by atoms with Gasteiger partial charge in [0.15, 0.2) is 5.17 Å². The lowest BCUT2D eigenvalue weighted by molar-refractivity contribution is 0.262. The highest BCUT2D eigenvalue weighted by Gasteiger charge is 2.24. The molecule has 1 heterocycles. The molecule has 0 bridgehead atoms. The Morgan fingerprint density at radius 1 is 1.38 bits per heavy atom. The van der Waals surface area contributed by atoms with Crippen molar-refractivity contribution in [3.05, 3.63) is 0 Å². The van der Waals surface area contributed by atoms with E-state index in [1.807, 2.05) is 11.8 Å². The summed E-state index contributed by atoms with van der Waals surface area (Å²) in [6.07, 6.45) is 0. The average Bonchev–Trinajstić information content (AvgIpc) is 2.60. The molecule has 2 unspecified atom stereocenters. The van der Waals surface area contributed by atoms with Gasteiger partial charge in [0.05, 0.1) is 6.54 Å². The van der Waals surface area contributed by atoms with Gasteiger partial charge in [-0.25, -0.2) is 0 Å². The van der Waals surface area contributed by atoms with Crippen molar-refractivity contribution in [2.45, 2.75) is 46.8 Å². The molecular formula is C13H26N2S. The molecule has 0 saturated carbocycles. The molecule has 3 heteroatoms. The second-order valence-electron chi connectivity index (χ2n) is 6.19. The number of hydrogen-bond acceptors (Lipinski definition) is 3. The Balaban J connectivity index is 2.31. The molecule has 2 nitrogen and oxygen atoms in total. The van der Waals surface area contributed by atoms with E-state index in [1.165, 1.54) is 0 Å². The van der Waals surface area contributed by atoms with Gasteiger partial charge in [0.2, 0.25) is 0 Å². The summed E-state index contributed by atoms with van der Waals surface area (Å²) in [6.45, 7) is 15.7. The summed E-state index contributed by atoms with van der Waals surface area (Å²) in [7, 11) is 0. The van der Waals surface area contributed by atoms with E-state index in [4.69, 9.17) is 0 Å². The van der Waals surface area contributed by atoms with E-state index in [2.05, 4.69) is 51.9 Å². The van der Waals surface area contributed by atoms with Gasteiger partial charge in [0.1, 0.15) is 0 Å². The van der Waals surface area contributed by atoms with Crippen LogP contribution in [0, 0.1) is 17.3 Å². The minimum absolute atomic E-state index is 0.369. The molecule has 1 aliphatic rings. The van der Waals surface area contributed by atoms with Crippen LogP contribution < -0.4 is 5.32 Å². The van der Waals surface area contributed by atoms with E-state index in [9.17, 15) is 0 Å². The molecular weight excluding hydrogens is 216 g/mol. The smallest absolute Gasteiger partial charge is 0.156 e. The van der Waals surface area contributed by atoms with E-state index in [0.29, 0.717) is 22.5 Å². The van der Waals surface area contributed by atoms with Crippen LogP contribution in [0.5, 0.6) is 0 Å². The molecule has 0 amide bonds. The van der Waals surface area contributed by atoms with Crippen molar-refractivity contribution in [3.63, 3.8) is 0 Å². The van der Waals surface area contributed by atoms with Crippen LogP contribution in [0.15, 0.2) is 4.99 Å². The Labute approximate surface area is 105 Å². The summed E-state index contributed by atoms with van der Waals surface area (Å²) < 4.78 is 0. The molecule has 2 atom stereocenters. The quantitative estimate of drug-likeness (QED) is 0.820. The van der Waals surface area contributed by atoms with Crippen molar-refractivity contribution in [2.24, 2.45) is 22.2 Å². The highest BCUT2D eigenvalue weighted by molar-refractivity contribution is 8.14. The average molecular weight is 242 g/mol. The normalized spacial score (nSPS) is 23.4. The second-order valence-corrected chi connectivity index (χ2v) is 7.42. The van der Waals surface area contributed by atoms with Gasteiger partial charge in [0, 0.05) is 11.8 Å². The Kier molecular flexibility index (Phi) is 4.72. The number of hydrogen-bond donors (Lipinski definition) is 1. The van der Waals surface area contributed by atoms with E-state index < -0.39 is 0 Å². The van der Waals surface area contributed by atoms with Gasteiger partial charge in [0.25, 0.3) is 0 Å². The zero-order valence-electron chi connectivity index (χ0n) is 11.5. The van der Waals surface area contributed by atoms with Crippen molar-refractivity contribution < 1.29 is 0 Å². The topological polar surface area (TPSA) is 24.4 Å². The van der Waals surface area contributed by atoms with Crippen LogP contribution in [-0.4, -0.2) is 23.5 Å². The minimum atomic E-state index is 0.369. The lowest BCUT2D eigenvalue weighted by Crippen LogP contribution is -2.32. The first-order valence-corrected chi connectivity index (χ1v) is 7.13. The van der Waals surface area contributed by atoms with Crippen molar-refractivity contribution in [1.29, 1.82) is 0 Å². The third kappa shape index (κ3) is 4.00. The van der Waals surface area contributed by atoms with Gasteiger partial charge in [-0.3, -0.25) is 4.99 Å². The van der Waals surface area contributed by atoms with Gasteiger partial charge < -0.3 is 5.32 Å². The monoisotopic (exact) mass is 242 g/mol. The molecule has 0 fully saturated rings. The van der Waals surface area contributed by atoms with Crippen LogP contribution >= 0.6 is 11.8 Å². The van der Waals surface area contributed by atoms with E-state index in [0.717, 1.165) is 18.3 Å². The van der Waals surface area contributed by atoms with Crippen LogP contribution in [0.1, 0.15) is 41.5 Å². The fraction of sp³-hybridized carbons (Fsp3) is 0.923. The summed E-state index contributed by atoms with van der Waals surface area (Å²) in [5, 5.41) is 5.31. The molecule has 0 aliphatic carbocycles.